The van der Waals surface area contributed by atoms with E-state index < -0.39 is 0 Å². The summed E-state index contributed by atoms with van der Waals surface area (Å²) in [6.45, 7) is -0.0727. The number of amides is 1. The summed E-state index contributed by atoms with van der Waals surface area (Å²) in [5, 5.41) is 11.6. The SMILES string of the molecule is O=C(Nc1cc(CO)ccn1)c1ccccc1. The summed E-state index contributed by atoms with van der Waals surface area (Å²) in [7, 11) is 0. The van der Waals surface area contributed by atoms with E-state index >= 15 is 0 Å². The molecule has 86 valence electrons. The predicted octanol–water partition coefficient (Wildman–Crippen LogP) is 1.83. The second kappa shape index (κ2) is 5.23. The lowest BCUT2D eigenvalue weighted by Gasteiger charge is -2.05. The Morgan fingerprint density at radius 3 is 2.71 bits per heavy atom. The Bertz CT molecular complexity index is 512. The fourth-order valence-corrected chi connectivity index (χ4v) is 1.42. The highest BCUT2D eigenvalue weighted by Gasteiger charge is 2.05. The number of rotatable bonds is 3. The Hall–Kier alpha value is -2.20. The van der Waals surface area contributed by atoms with E-state index in [1.807, 2.05) is 6.07 Å². The van der Waals surface area contributed by atoms with Crippen molar-refractivity contribution in [2.75, 3.05) is 5.32 Å². The van der Waals surface area contributed by atoms with Gasteiger partial charge < -0.3 is 10.4 Å². The normalized spacial score (nSPS) is 9.94. The predicted molar refractivity (Wildman–Crippen MR) is 64.6 cm³/mol. The molecule has 1 heterocycles. The number of aliphatic hydroxyl groups is 1. The summed E-state index contributed by atoms with van der Waals surface area (Å²) >= 11 is 0. The number of carbonyl (C=O) groups is 1. The third-order valence-electron chi connectivity index (χ3n) is 2.28. The van der Waals surface area contributed by atoms with Crippen molar-refractivity contribution in [1.29, 1.82) is 0 Å². The maximum atomic E-state index is 11.8. The molecule has 0 aliphatic heterocycles. The molecule has 2 rings (SSSR count). The van der Waals surface area contributed by atoms with Gasteiger partial charge in [-0.15, -0.1) is 0 Å². The van der Waals surface area contributed by atoms with Crippen molar-refractivity contribution < 1.29 is 9.90 Å². The molecule has 17 heavy (non-hydrogen) atoms. The lowest BCUT2D eigenvalue weighted by Crippen LogP contribution is -2.12. The van der Waals surface area contributed by atoms with Crippen LogP contribution in [0.4, 0.5) is 5.82 Å². The first-order valence-electron chi connectivity index (χ1n) is 5.22. The minimum Gasteiger partial charge on any atom is -0.392 e. The molecule has 0 saturated heterocycles. The molecule has 1 aromatic heterocycles. The first-order valence-corrected chi connectivity index (χ1v) is 5.22. The van der Waals surface area contributed by atoms with Crippen LogP contribution in [0.5, 0.6) is 0 Å². The number of nitrogens with one attached hydrogen (secondary N) is 1. The molecular weight excluding hydrogens is 216 g/mol. The van der Waals surface area contributed by atoms with Crippen molar-refractivity contribution in [1.82, 2.24) is 4.98 Å². The van der Waals surface area contributed by atoms with Crippen LogP contribution >= 0.6 is 0 Å². The minimum absolute atomic E-state index is 0.0727. The molecule has 4 nitrogen and oxygen atoms in total. The van der Waals surface area contributed by atoms with E-state index in [0.29, 0.717) is 16.9 Å². The first kappa shape index (κ1) is 11.3. The van der Waals surface area contributed by atoms with Gasteiger partial charge in [0.25, 0.3) is 5.91 Å². The van der Waals surface area contributed by atoms with E-state index in [-0.39, 0.29) is 12.5 Å². The summed E-state index contributed by atoms with van der Waals surface area (Å²) in [6, 6.07) is 12.2. The average molecular weight is 228 g/mol. The summed E-state index contributed by atoms with van der Waals surface area (Å²) in [6.07, 6.45) is 1.55. The van der Waals surface area contributed by atoms with Crippen LogP contribution in [0.3, 0.4) is 0 Å². The fraction of sp³-hybridized carbons (Fsp3) is 0.0769. The highest BCUT2D eigenvalue weighted by Crippen LogP contribution is 2.08. The van der Waals surface area contributed by atoms with Crippen LogP contribution in [-0.2, 0) is 6.61 Å². The number of aliphatic hydroxyl groups excluding tert-OH is 1. The van der Waals surface area contributed by atoms with E-state index in [4.69, 9.17) is 5.11 Å². The number of benzene rings is 1. The highest BCUT2D eigenvalue weighted by atomic mass is 16.3. The Kier molecular flexibility index (Phi) is 3.47. The molecular formula is C13H12N2O2. The van der Waals surface area contributed by atoms with Gasteiger partial charge in [-0.2, -0.15) is 0 Å². The maximum absolute atomic E-state index is 11.8. The molecule has 0 spiro atoms. The van der Waals surface area contributed by atoms with Crippen molar-refractivity contribution in [2.24, 2.45) is 0 Å². The number of hydrogen-bond acceptors (Lipinski definition) is 3. The molecule has 2 aromatic rings. The molecule has 0 atom stereocenters. The van der Waals surface area contributed by atoms with Gasteiger partial charge in [-0.05, 0) is 29.8 Å². The number of aromatic nitrogens is 1. The Morgan fingerprint density at radius 1 is 1.24 bits per heavy atom. The van der Waals surface area contributed by atoms with Crippen LogP contribution in [0.25, 0.3) is 0 Å². The van der Waals surface area contributed by atoms with Gasteiger partial charge in [0.05, 0.1) is 6.61 Å². The number of pyridine rings is 1. The van der Waals surface area contributed by atoms with Gasteiger partial charge in [-0.25, -0.2) is 4.98 Å². The summed E-state index contributed by atoms with van der Waals surface area (Å²) in [5.74, 6) is 0.221. The van der Waals surface area contributed by atoms with Crippen LogP contribution < -0.4 is 5.32 Å². The number of anilines is 1. The topological polar surface area (TPSA) is 62.2 Å². The number of nitrogens with zero attached hydrogens (tertiary/aromatic N) is 1. The lowest BCUT2D eigenvalue weighted by molar-refractivity contribution is 0.102. The van der Waals surface area contributed by atoms with Gasteiger partial charge in [-0.1, -0.05) is 18.2 Å². The standard InChI is InChI=1S/C13H12N2O2/c16-9-10-6-7-14-12(8-10)15-13(17)11-4-2-1-3-5-11/h1-8,16H,9H2,(H,14,15,17). The fourth-order valence-electron chi connectivity index (χ4n) is 1.42. The monoisotopic (exact) mass is 228 g/mol. The maximum Gasteiger partial charge on any atom is 0.256 e. The molecule has 0 aliphatic rings. The zero-order chi connectivity index (χ0) is 12.1. The third-order valence-corrected chi connectivity index (χ3v) is 2.28. The van der Waals surface area contributed by atoms with Crippen LogP contribution in [-0.4, -0.2) is 16.0 Å². The zero-order valence-corrected chi connectivity index (χ0v) is 9.13. The Labute approximate surface area is 98.9 Å². The van der Waals surface area contributed by atoms with Gasteiger partial charge in [0, 0.05) is 11.8 Å². The van der Waals surface area contributed by atoms with Crippen LogP contribution in [0, 0.1) is 0 Å². The third kappa shape index (κ3) is 2.89. The zero-order valence-electron chi connectivity index (χ0n) is 9.13. The van der Waals surface area contributed by atoms with Gasteiger partial charge >= 0.3 is 0 Å². The molecule has 1 amide bonds. The van der Waals surface area contributed by atoms with E-state index in [2.05, 4.69) is 10.3 Å². The number of carbonyl (C=O) groups excluding carboxylic acids is 1. The van der Waals surface area contributed by atoms with E-state index in [1.54, 1.807) is 42.6 Å². The smallest absolute Gasteiger partial charge is 0.256 e. The highest BCUT2D eigenvalue weighted by molar-refractivity contribution is 6.03. The van der Waals surface area contributed by atoms with E-state index in [9.17, 15) is 4.79 Å². The quantitative estimate of drug-likeness (QED) is 0.842. The van der Waals surface area contributed by atoms with Gasteiger partial charge in [0.2, 0.25) is 0 Å². The second-order valence-corrected chi connectivity index (χ2v) is 3.53. The Balaban J connectivity index is 2.13. The molecule has 0 fully saturated rings. The van der Waals surface area contributed by atoms with Crippen molar-refractivity contribution >= 4 is 11.7 Å². The second-order valence-electron chi connectivity index (χ2n) is 3.53. The van der Waals surface area contributed by atoms with E-state index in [1.165, 1.54) is 0 Å². The van der Waals surface area contributed by atoms with Crippen molar-refractivity contribution in [3.8, 4) is 0 Å². The van der Waals surface area contributed by atoms with Gasteiger partial charge in [0.15, 0.2) is 0 Å². The van der Waals surface area contributed by atoms with Gasteiger partial charge in [0.1, 0.15) is 5.82 Å². The molecule has 0 unspecified atom stereocenters. The van der Waals surface area contributed by atoms with Crippen molar-refractivity contribution in [2.45, 2.75) is 6.61 Å². The molecule has 0 radical (unpaired) electrons. The number of hydrogen-bond donors (Lipinski definition) is 2. The van der Waals surface area contributed by atoms with Crippen molar-refractivity contribution in [3.05, 3.63) is 59.8 Å². The first-order chi connectivity index (χ1) is 8.29. The largest absolute Gasteiger partial charge is 0.392 e. The van der Waals surface area contributed by atoms with Crippen LogP contribution in [0.1, 0.15) is 15.9 Å². The molecule has 0 bridgehead atoms. The summed E-state index contributed by atoms with van der Waals surface area (Å²) in [5.41, 5.74) is 1.28. The molecule has 0 aliphatic carbocycles. The van der Waals surface area contributed by atoms with E-state index in [0.717, 1.165) is 0 Å². The Morgan fingerprint density at radius 2 is 2.00 bits per heavy atom. The minimum atomic E-state index is -0.215. The van der Waals surface area contributed by atoms with Crippen LogP contribution in [0.2, 0.25) is 0 Å². The van der Waals surface area contributed by atoms with Crippen LogP contribution in [0.15, 0.2) is 48.7 Å². The van der Waals surface area contributed by atoms with Gasteiger partial charge in [-0.3, -0.25) is 4.79 Å². The van der Waals surface area contributed by atoms with Crippen molar-refractivity contribution in [3.63, 3.8) is 0 Å². The molecule has 0 saturated carbocycles. The summed E-state index contributed by atoms with van der Waals surface area (Å²) < 4.78 is 0. The molecule has 2 N–H and O–H groups in total. The molecule has 1 aromatic carbocycles. The molecule has 4 heteroatoms. The average Bonchev–Trinajstić information content (AvgIpc) is 2.40. The summed E-state index contributed by atoms with van der Waals surface area (Å²) in [4.78, 5) is 15.8. The lowest BCUT2D eigenvalue weighted by atomic mass is 10.2.